The minimum Gasteiger partial charge on any atom is -0.497 e. The fraction of sp³-hybridized carbons (Fsp3) is 0.269. The molecule has 174 valence electrons. The summed E-state index contributed by atoms with van der Waals surface area (Å²) in [6.07, 6.45) is 3.88. The van der Waals surface area contributed by atoms with Crippen LogP contribution in [0.4, 0.5) is 5.69 Å². The number of thioether (sulfide) groups is 1. The third kappa shape index (κ3) is 5.14. The maximum Gasteiger partial charge on any atom is 0.234 e. The molecule has 0 saturated carbocycles. The summed E-state index contributed by atoms with van der Waals surface area (Å²) in [4.78, 5) is 17.6. The fourth-order valence-corrected chi connectivity index (χ4v) is 5.03. The van der Waals surface area contributed by atoms with Crippen LogP contribution in [0, 0.1) is 11.3 Å². The number of nitrogens with one attached hydrogen (secondary N) is 1. The Bertz CT molecular complexity index is 1260. The Morgan fingerprint density at radius 2 is 1.91 bits per heavy atom. The number of benzene rings is 2. The number of halogens is 1. The van der Waals surface area contributed by atoms with Crippen LogP contribution in [0.15, 0.2) is 47.5 Å². The highest BCUT2D eigenvalue weighted by molar-refractivity contribution is 8.00. The van der Waals surface area contributed by atoms with E-state index in [1.165, 1.54) is 11.8 Å². The number of aryl methyl sites for hydroxylation is 1. The van der Waals surface area contributed by atoms with E-state index in [-0.39, 0.29) is 11.7 Å². The molecule has 1 amide bonds. The minimum atomic E-state index is -0.229. The van der Waals surface area contributed by atoms with E-state index in [0.717, 1.165) is 48.1 Å². The van der Waals surface area contributed by atoms with E-state index in [1.54, 1.807) is 32.4 Å². The van der Waals surface area contributed by atoms with E-state index in [4.69, 9.17) is 26.1 Å². The maximum atomic E-state index is 12.8. The number of carbonyl (C=O) groups excluding carboxylic acids is 1. The Kier molecular flexibility index (Phi) is 7.61. The number of ether oxygens (including phenoxy) is 2. The number of methoxy groups -OCH3 is 2. The molecule has 0 aliphatic heterocycles. The van der Waals surface area contributed by atoms with Gasteiger partial charge < -0.3 is 14.8 Å². The number of aromatic nitrogens is 1. The fourth-order valence-electron chi connectivity index (χ4n) is 4.09. The second kappa shape index (κ2) is 10.8. The quantitative estimate of drug-likeness (QED) is 0.412. The van der Waals surface area contributed by atoms with Crippen LogP contribution >= 0.6 is 23.4 Å². The molecule has 2 aromatic carbocycles. The molecule has 8 heteroatoms. The first kappa shape index (κ1) is 23.9. The number of hydrogen-bond donors (Lipinski definition) is 1. The standard InChI is InChI=1S/C26H24ClN3O3S/c1-32-18-11-12-23(33-2)22(13-18)29-24(31)15-34-26-20(14-28)25(16-7-9-17(27)10-8-16)19-5-3-4-6-21(19)30-26/h7-13H,3-6,15H2,1-2H3,(H,29,31). The Morgan fingerprint density at radius 3 is 2.62 bits per heavy atom. The number of pyridine rings is 1. The molecule has 1 aliphatic carbocycles. The molecule has 1 aromatic heterocycles. The van der Waals surface area contributed by atoms with E-state index in [1.807, 2.05) is 24.3 Å². The zero-order valence-electron chi connectivity index (χ0n) is 19.0. The van der Waals surface area contributed by atoms with Crippen molar-refractivity contribution in [3.63, 3.8) is 0 Å². The first-order valence-corrected chi connectivity index (χ1v) is 12.3. The monoisotopic (exact) mass is 493 g/mol. The highest BCUT2D eigenvalue weighted by atomic mass is 35.5. The van der Waals surface area contributed by atoms with Gasteiger partial charge in [0, 0.05) is 22.3 Å². The predicted octanol–water partition coefficient (Wildman–Crippen LogP) is 5.90. The molecule has 0 fully saturated rings. The van der Waals surface area contributed by atoms with Crippen LogP contribution in [0.5, 0.6) is 11.5 Å². The van der Waals surface area contributed by atoms with E-state index >= 15 is 0 Å². The molecular weight excluding hydrogens is 470 g/mol. The molecule has 1 aliphatic rings. The Hall–Kier alpha value is -3.21. The molecule has 0 bridgehead atoms. The average molecular weight is 494 g/mol. The number of nitriles is 1. The molecule has 34 heavy (non-hydrogen) atoms. The summed E-state index contributed by atoms with van der Waals surface area (Å²) in [5.74, 6) is 1.02. The molecule has 3 aromatic rings. The maximum absolute atomic E-state index is 12.8. The third-order valence-electron chi connectivity index (χ3n) is 5.71. The molecular formula is C26H24ClN3O3S. The summed E-state index contributed by atoms with van der Waals surface area (Å²) >= 11 is 7.36. The number of anilines is 1. The van der Waals surface area contributed by atoms with Gasteiger partial charge in [-0.25, -0.2) is 4.98 Å². The molecule has 0 atom stereocenters. The van der Waals surface area contributed by atoms with Crippen LogP contribution in [-0.4, -0.2) is 30.9 Å². The average Bonchev–Trinajstić information content (AvgIpc) is 2.87. The van der Waals surface area contributed by atoms with Crippen LogP contribution in [0.2, 0.25) is 5.02 Å². The minimum absolute atomic E-state index is 0.0981. The lowest BCUT2D eigenvalue weighted by atomic mass is 9.87. The lowest BCUT2D eigenvalue weighted by Gasteiger charge is -2.22. The number of rotatable bonds is 7. The summed E-state index contributed by atoms with van der Waals surface area (Å²) in [5.41, 5.74) is 5.00. The second-order valence-corrected chi connectivity index (χ2v) is 9.22. The van der Waals surface area contributed by atoms with Gasteiger partial charge in [-0.3, -0.25) is 4.79 Å². The largest absolute Gasteiger partial charge is 0.497 e. The van der Waals surface area contributed by atoms with E-state index in [2.05, 4.69) is 11.4 Å². The molecule has 1 heterocycles. The Labute approximate surface area is 208 Å². The molecule has 0 spiro atoms. The van der Waals surface area contributed by atoms with E-state index < -0.39 is 0 Å². The van der Waals surface area contributed by atoms with Gasteiger partial charge in [-0.1, -0.05) is 35.5 Å². The molecule has 0 radical (unpaired) electrons. The van der Waals surface area contributed by atoms with Gasteiger partial charge in [-0.15, -0.1) is 0 Å². The van der Waals surface area contributed by atoms with Gasteiger partial charge in [-0.05, 0) is 61.1 Å². The first-order valence-electron chi connectivity index (χ1n) is 10.9. The van der Waals surface area contributed by atoms with Gasteiger partial charge in [0.1, 0.15) is 22.6 Å². The van der Waals surface area contributed by atoms with Crippen LogP contribution in [0.25, 0.3) is 11.1 Å². The zero-order chi connectivity index (χ0) is 24.1. The Balaban J connectivity index is 1.63. The highest BCUT2D eigenvalue weighted by Gasteiger charge is 2.24. The highest BCUT2D eigenvalue weighted by Crippen LogP contribution is 2.38. The van der Waals surface area contributed by atoms with Crippen LogP contribution in [0.3, 0.4) is 0 Å². The Morgan fingerprint density at radius 1 is 1.15 bits per heavy atom. The van der Waals surface area contributed by atoms with Crippen molar-refractivity contribution in [2.24, 2.45) is 0 Å². The van der Waals surface area contributed by atoms with Crippen molar-refractivity contribution in [3.05, 3.63) is 64.3 Å². The molecule has 0 saturated heterocycles. The van der Waals surface area contributed by atoms with Crippen LogP contribution in [-0.2, 0) is 17.6 Å². The van der Waals surface area contributed by atoms with E-state index in [9.17, 15) is 10.1 Å². The summed E-state index contributed by atoms with van der Waals surface area (Å²) in [6.45, 7) is 0. The van der Waals surface area contributed by atoms with Crippen molar-refractivity contribution >= 4 is 35.0 Å². The van der Waals surface area contributed by atoms with Crippen LogP contribution < -0.4 is 14.8 Å². The van der Waals surface area contributed by atoms with Crippen molar-refractivity contribution < 1.29 is 14.3 Å². The second-order valence-electron chi connectivity index (χ2n) is 7.82. The number of nitrogens with zero attached hydrogens (tertiary/aromatic N) is 2. The SMILES string of the molecule is COc1ccc(OC)c(NC(=O)CSc2nc3c(c(-c4ccc(Cl)cc4)c2C#N)CCCC3)c1. The van der Waals surface area contributed by atoms with Crippen LogP contribution in [0.1, 0.15) is 29.7 Å². The normalized spacial score (nSPS) is 12.4. The van der Waals surface area contributed by atoms with Crippen molar-refractivity contribution in [1.82, 2.24) is 4.98 Å². The number of carbonyl (C=O) groups is 1. The number of fused-ring (bicyclic) bond motifs is 1. The van der Waals surface area contributed by atoms with Gasteiger partial charge in [0.25, 0.3) is 0 Å². The predicted molar refractivity (Wildman–Crippen MR) is 135 cm³/mol. The zero-order valence-corrected chi connectivity index (χ0v) is 20.6. The van der Waals surface area contributed by atoms with Gasteiger partial charge >= 0.3 is 0 Å². The van der Waals surface area contributed by atoms with Crippen molar-refractivity contribution in [2.75, 3.05) is 25.3 Å². The smallest absolute Gasteiger partial charge is 0.234 e. The van der Waals surface area contributed by atoms with Crippen molar-refractivity contribution in [3.8, 4) is 28.7 Å². The lowest BCUT2D eigenvalue weighted by Crippen LogP contribution is -2.16. The molecule has 1 N–H and O–H groups in total. The number of hydrogen-bond acceptors (Lipinski definition) is 6. The molecule has 0 unspecified atom stereocenters. The van der Waals surface area contributed by atoms with Gasteiger partial charge in [0.2, 0.25) is 5.91 Å². The van der Waals surface area contributed by atoms with Crippen molar-refractivity contribution in [2.45, 2.75) is 30.7 Å². The third-order valence-corrected chi connectivity index (χ3v) is 6.93. The molecule has 4 rings (SSSR count). The summed E-state index contributed by atoms with van der Waals surface area (Å²) < 4.78 is 10.6. The molecule has 6 nitrogen and oxygen atoms in total. The van der Waals surface area contributed by atoms with Gasteiger partial charge in [0.15, 0.2) is 0 Å². The van der Waals surface area contributed by atoms with Gasteiger partial charge in [-0.2, -0.15) is 5.26 Å². The van der Waals surface area contributed by atoms with E-state index in [0.29, 0.717) is 32.8 Å². The van der Waals surface area contributed by atoms with Crippen molar-refractivity contribution in [1.29, 1.82) is 5.26 Å². The summed E-state index contributed by atoms with van der Waals surface area (Å²) in [5, 5.41) is 14.2. The lowest BCUT2D eigenvalue weighted by molar-refractivity contribution is -0.113. The van der Waals surface area contributed by atoms with Gasteiger partial charge in [0.05, 0.1) is 31.2 Å². The number of amides is 1. The topological polar surface area (TPSA) is 84.2 Å². The first-order chi connectivity index (χ1) is 16.5. The summed E-state index contributed by atoms with van der Waals surface area (Å²) in [6, 6.07) is 15.1. The summed E-state index contributed by atoms with van der Waals surface area (Å²) in [7, 11) is 3.10.